The van der Waals surface area contributed by atoms with Gasteiger partial charge in [-0.25, -0.2) is 4.98 Å². The van der Waals surface area contributed by atoms with E-state index in [-0.39, 0.29) is 18.4 Å². The number of aromatic amines is 1. The Morgan fingerprint density at radius 2 is 2.25 bits per heavy atom. The summed E-state index contributed by atoms with van der Waals surface area (Å²) in [6.07, 6.45) is 2.72. The van der Waals surface area contributed by atoms with Gasteiger partial charge < -0.3 is 15.5 Å². The lowest BCUT2D eigenvalue weighted by atomic mass is 9.82. The molecule has 2 rings (SSSR count). The molecule has 24 heavy (non-hydrogen) atoms. The van der Waals surface area contributed by atoms with Gasteiger partial charge in [-0.3, -0.25) is 4.79 Å². The highest BCUT2D eigenvalue weighted by molar-refractivity contribution is 7.15. The number of nitrogens with zero attached hydrogens (tertiary/aromatic N) is 4. The Hall–Kier alpha value is -2.07. The van der Waals surface area contributed by atoms with Gasteiger partial charge in [0, 0.05) is 23.5 Å². The molecule has 0 aliphatic heterocycles. The Bertz CT molecular complexity index is 630. The molecule has 0 radical (unpaired) electrons. The SMILES string of the molecule is CC(C)CC(C(=O)O)C(Cc1cnc(NCCO)s1)c1nn[nH]n1. The van der Waals surface area contributed by atoms with E-state index in [4.69, 9.17) is 5.11 Å². The van der Waals surface area contributed by atoms with Crippen molar-refractivity contribution in [2.24, 2.45) is 11.8 Å². The topological polar surface area (TPSA) is 137 Å². The van der Waals surface area contributed by atoms with Crippen LogP contribution >= 0.6 is 11.3 Å². The van der Waals surface area contributed by atoms with Crippen molar-refractivity contribution >= 4 is 22.4 Å². The number of rotatable bonds is 10. The number of tetrazole rings is 1. The van der Waals surface area contributed by atoms with Crippen LogP contribution in [-0.4, -0.2) is 54.9 Å². The van der Waals surface area contributed by atoms with Crippen molar-refractivity contribution in [3.63, 3.8) is 0 Å². The Morgan fingerprint density at radius 1 is 1.46 bits per heavy atom. The van der Waals surface area contributed by atoms with Gasteiger partial charge in [-0.1, -0.05) is 19.1 Å². The highest BCUT2D eigenvalue weighted by Crippen LogP contribution is 2.33. The number of carboxylic acids is 1. The minimum absolute atomic E-state index is 0.0237. The summed E-state index contributed by atoms with van der Waals surface area (Å²) >= 11 is 1.43. The minimum atomic E-state index is -0.860. The van der Waals surface area contributed by atoms with Gasteiger partial charge in [0.05, 0.1) is 12.5 Å². The summed E-state index contributed by atoms with van der Waals surface area (Å²) in [6, 6.07) is 0. The summed E-state index contributed by atoms with van der Waals surface area (Å²) in [4.78, 5) is 16.9. The largest absolute Gasteiger partial charge is 0.481 e. The van der Waals surface area contributed by atoms with Crippen molar-refractivity contribution < 1.29 is 15.0 Å². The maximum atomic E-state index is 11.8. The molecule has 0 saturated heterocycles. The van der Waals surface area contributed by atoms with Crippen molar-refractivity contribution in [3.8, 4) is 0 Å². The first-order valence-electron chi connectivity index (χ1n) is 7.76. The Kier molecular flexibility index (Phi) is 6.62. The van der Waals surface area contributed by atoms with E-state index in [0.29, 0.717) is 30.3 Å². The number of hydrogen-bond acceptors (Lipinski definition) is 8. The van der Waals surface area contributed by atoms with Crippen molar-refractivity contribution in [1.82, 2.24) is 25.6 Å². The molecule has 2 aromatic heterocycles. The second-order valence-corrected chi connectivity index (χ2v) is 7.05. The molecule has 0 saturated carbocycles. The molecular formula is C14H22N6O3S. The van der Waals surface area contributed by atoms with Gasteiger partial charge in [0.25, 0.3) is 0 Å². The highest BCUT2D eigenvalue weighted by atomic mass is 32.1. The fourth-order valence-electron chi connectivity index (χ4n) is 2.55. The molecule has 0 aliphatic rings. The zero-order valence-corrected chi connectivity index (χ0v) is 14.5. The molecule has 9 nitrogen and oxygen atoms in total. The van der Waals surface area contributed by atoms with E-state index in [2.05, 4.69) is 30.9 Å². The van der Waals surface area contributed by atoms with Crippen LogP contribution in [-0.2, 0) is 11.2 Å². The van der Waals surface area contributed by atoms with E-state index >= 15 is 0 Å². The summed E-state index contributed by atoms with van der Waals surface area (Å²) in [5.74, 6) is -1.19. The standard InChI is InChI=1S/C14H22N6O3S/c1-8(2)5-11(13(22)23)10(12-17-19-20-18-12)6-9-7-16-14(24-9)15-3-4-21/h7-8,10-11,21H,3-6H2,1-2H3,(H,15,16)(H,22,23)(H,17,18,19,20). The number of thiazole rings is 1. The quantitative estimate of drug-likeness (QED) is 0.498. The maximum absolute atomic E-state index is 11.8. The van der Waals surface area contributed by atoms with Crippen LogP contribution in [0, 0.1) is 11.8 Å². The molecule has 0 fully saturated rings. The predicted molar refractivity (Wildman–Crippen MR) is 88.9 cm³/mol. The Labute approximate surface area is 143 Å². The first kappa shape index (κ1) is 18.3. The fourth-order valence-corrected chi connectivity index (χ4v) is 3.44. The number of aliphatic carboxylic acids is 1. The first-order valence-corrected chi connectivity index (χ1v) is 8.58. The van der Waals surface area contributed by atoms with Gasteiger partial charge in [0.15, 0.2) is 11.0 Å². The number of nitrogens with one attached hydrogen (secondary N) is 2. The number of aromatic nitrogens is 5. The Morgan fingerprint density at radius 3 is 2.83 bits per heavy atom. The summed E-state index contributed by atoms with van der Waals surface area (Å²) < 4.78 is 0. The molecule has 0 amide bonds. The lowest BCUT2D eigenvalue weighted by Gasteiger charge is -2.22. The van der Waals surface area contributed by atoms with E-state index in [1.165, 1.54) is 11.3 Å². The van der Waals surface area contributed by atoms with Crippen LogP contribution in [0.3, 0.4) is 0 Å². The molecular weight excluding hydrogens is 332 g/mol. The number of aliphatic hydroxyl groups is 1. The van der Waals surface area contributed by atoms with Crippen molar-refractivity contribution in [2.75, 3.05) is 18.5 Å². The summed E-state index contributed by atoms with van der Waals surface area (Å²) in [5.41, 5.74) is 0. The van der Waals surface area contributed by atoms with Crippen LogP contribution in [0.1, 0.15) is 36.9 Å². The second kappa shape index (κ2) is 8.69. The number of hydrogen-bond donors (Lipinski definition) is 4. The van der Waals surface area contributed by atoms with Crippen LogP contribution in [0.25, 0.3) is 0 Å². The summed E-state index contributed by atoms with van der Waals surface area (Å²) in [6.45, 7) is 4.43. The third-order valence-corrected chi connectivity index (χ3v) is 4.56. The molecule has 10 heteroatoms. The average molecular weight is 354 g/mol. The third kappa shape index (κ3) is 4.96. The molecule has 2 aromatic rings. The zero-order chi connectivity index (χ0) is 17.5. The minimum Gasteiger partial charge on any atom is -0.481 e. The molecule has 2 atom stereocenters. The smallest absolute Gasteiger partial charge is 0.307 e. The van der Waals surface area contributed by atoms with E-state index < -0.39 is 11.9 Å². The number of carbonyl (C=O) groups is 1. The first-order chi connectivity index (χ1) is 11.5. The number of anilines is 1. The van der Waals surface area contributed by atoms with Gasteiger partial charge in [-0.05, 0) is 18.8 Å². The van der Waals surface area contributed by atoms with Crippen LogP contribution in [0.15, 0.2) is 6.20 Å². The molecule has 0 bridgehead atoms. The molecule has 2 heterocycles. The zero-order valence-electron chi connectivity index (χ0n) is 13.6. The molecule has 0 aromatic carbocycles. The van der Waals surface area contributed by atoms with Gasteiger partial charge in [0.2, 0.25) is 0 Å². The average Bonchev–Trinajstić information content (AvgIpc) is 3.19. The number of carboxylic acid groups (broad SMARTS) is 1. The molecule has 4 N–H and O–H groups in total. The Balaban J connectivity index is 2.20. The van der Waals surface area contributed by atoms with E-state index in [1.54, 1.807) is 6.20 Å². The second-order valence-electron chi connectivity index (χ2n) is 5.94. The number of H-pyrrole nitrogens is 1. The van der Waals surface area contributed by atoms with Gasteiger partial charge in [-0.15, -0.1) is 21.5 Å². The molecule has 2 unspecified atom stereocenters. The maximum Gasteiger partial charge on any atom is 0.307 e. The lowest BCUT2D eigenvalue weighted by molar-refractivity contribution is -0.143. The molecule has 132 valence electrons. The van der Waals surface area contributed by atoms with Crippen molar-refractivity contribution in [1.29, 1.82) is 0 Å². The highest BCUT2D eigenvalue weighted by Gasteiger charge is 2.33. The summed E-state index contributed by atoms with van der Waals surface area (Å²) in [5, 5.41) is 36.2. The van der Waals surface area contributed by atoms with Gasteiger partial charge >= 0.3 is 5.97 Å². The normalized spacial score (nSPS) is 13.8. The summed E-state index contributed by atoms with van der Waals surface area (Å²) in [7, 11) is 0. The van der Waals surface area contributed by atoms with Crippen molar-refractivity contribution in [3.05, 3.63) is 16.9 Å². The fraction of sp³-hybridized carbons (Fsp3) is 0.643. The van der Waals surface area contributed by atoms with E-state index in [0.717, 1.165) is 4.88 Å². The molecule has 0 aliphatic carbocycles. The van der Waals surface area contributed by atoms with Crippen LogP contribution < -0.4 is 5.32 Å². The van der Waals surface area contributed by atoms with Crippen LogP contribution in [0.5, 0.6) is 0 Å². The molecule has 0 spiro atoms. The van der Waals surface area contributed by atoms with Gasteiger partial charge in [0.1, 0.15) is 0 Å². The van der Waals surface area contributed by atoms with Crippen LogP contribution in [0.2, 0.25) is 0 Å². The van der Waals surface area contributed by atoms with E-state index in [1.807, 2.05) is 13.8 Å². The monoisotopic (exact) mass is 354 g/mol. The van der Waals surface area contributed by atoms with Crippen molar-refractivity contribution in [2.45, 2.75) is 32.6 Å². The van der Waals surface area contributed by atoms with E-state index in [9.17, 15) is 9.90 Å². The predicted octanol–water partition coefficient (Wildman–Crippen LogP) is 1.13. The van der Waals surface area contributed by atoms with Crippen LogP contribution in [0.4, 0.5) is 5.13 Å². The third-order valence-electron chi connectivity index (χ3n) is 3.58. The van der Waals surface area contributed by atoms with Gasteiger partial charge in [-0.2, -0.15) is 5.21 Å². The number of aliphatic hydroxyl groups excluding tert-OH is 1. The lowest BCUT2D eigenvalue weighted by Crippen LogP contribution is -2.26.